The van der Waals surface area contributed by atoms with Gasteiger partial charge in [-0.15, -0.1) is 0 Å². The number of nitrogens with one attached hydrogen (secondary N) is 1. The highest BCUT2D eigenvalue weighted by atomic mass is 19.4. The van der Waals surface area contributed by atoms with Crippen LogP contribution in [0.4, 0.5) is 18.9 Å². The molecule has 0 unspecified atom stereocenters. The van der Waals surface area contributed by atoms with Gasteiger partial charge in [0.15, 0.2) is 5.96 Å². The van der Waals surface area contributed by atoms with Gasteiger partial charge < -0.3 is 20.5 Å². The van der Waals surface area contributed by atoms with Crippen LogP contribution in [0.5, 0.6) is 5.75 Å². The van der Waals surface area contributed by atoms with Gasteiger partial charge in [-0.25, -0.2) is 0 Å². The number of nitrogens with zero attached hydrogens (tertiary/aromatic N) is 1. The lowest BCUT2D eigenvalue weighted by Crippen LogP contribution is -2.23. The van der Waals surface area contributed by atoms with Crippen molar-refractivity contribution in [2.75, 3.05) is 25.1 Å². The zero-order valence-electron chi connectivity index (χ0n) is 13.2. The molecular weight excluding hydrogens is 311 g/mol. The van der Waals surface area contributed by atoms with Crippen LogP contribution in [0.25, 0.3) is 0 Å². The molecule has 0 aromatic heterocycles. The topological polar surface area (TPSA) is 68.9 Å². The number of rotatable bonds is 8. The second kappa shape index (κ2) is 9.24. The molecule has 130 valence electrons. The van der Waals surface area contributed by atoms with Crippen molar-refractivity contribution in [1.82, 2.24) is 0 Å². The maximum Gasteiger partial charge on any atom is 0.411 e. The lowest BCUT2D eigenvalue weighted by molar-refractivity contribution is -0.173. The Morgan fingerprint density at radius 2 is 1.91 bits per heavy atom. The third-order valence-corrected chi connectivity index (χ3v) is 2.49. The van der Waals surface area contributed by atoms with E-state index >= 15 is 0 Å². The van der Waals surface area contributed by atoms with Crippen LogP contribution in [0, 0.1) is 0 Å². The number of hydrogen-bond donors (Lipinski definition) is 2. The quantitative estimate of drug-likeness (QED) is 0.436. The average Bonchev–Trinajstić information content (AvgIpc) is 2.43. The highest BCUT2D eigenvalue weighted by Crippen LogP contribution is 2.16. The van der Waals surface area contributed by atoms with Gasteiger partial charge in [-0.2, -0.15) is 13.2 Å². The molecule has 0 radical (unpaired) electrons. The van der Waals surface area contributed by atoms with Crippen molar-refractivity contribution in [3.05, 3.63) is 24.3 Å². The van der Waals surface area contributed by atoms with E-state index in [1.807, 2.05) is 13.8 Å². The molecular formula is C15H22F3N3O2. The zero-order valence-corrected chi connectivity index (χ0v) is 13.2. The summed E-state index contributed by atoms with van der Waals surface area (Å²) in [4.78, 5) is 4.02. The molecule has 0 fully saturated rings. The number of halogens is 3. The number of alkyl halides is 3. The largest absolute Gasteiger partial charge is 0.491 e. The van der Waals surface area contributed by atoms with Gasteiger partial charge in [-0.1, -0.05) is 0 Å². The summed E-state index contributed by atoms with van der Waals surface area (Å²) >= 11 is 0. The molecule has 3 N–H and O–H groups in total. The van der Waals surface area contributed by atoms with E-state index in [-0.39, 0.29) is 25.2 Å². The van der Waals surface area contributed by atoms with Crippen molar-refractivity contribution in [2.24, 2.45) is 10.7 Å². The Hall–Kier alpha value is -1.96. The third kappa shape index (κ3) is 9.62. The number of ether oxygens (including phenoxy) is 2. The number of anilines is 1. The van der Waals surface area contributed by atoms with Gasteiger partial charge in [0.1, 0.15) is 12.4 Å². The number of aliphatic imine (C=N–C) groups is 1. The molecule has 5 nitrogen and oxygen atoms in total. The zero-order chi connectivity index (χ0) is 17.3. The summed E-state index contributed by atoms with van der Waals surface area (Å²) in [6.45, 7) is 2.91. The van der Waals surface area contributed by atoms with Gasteiger partial charge in [-0.3, -0.25) is 4.99 Å². The van der Waals surface area contributed by atoms with Crippen LogP contribution >= 0.6 is 0 Å². The van der Waals surface area contributed by atoms with E-state index in [2.05, 4.69) is 15.0 Å². The first-order chi connectivity index (χ1) is 10.8. The maximum atomic E-state index is 11.8. The Balaban J connectivity index is 2.28. The number of nitrogens with two attached hydrogens (primary N) is 1. The van der Waals surface area contributed by atoms with Crippen LogP contribution in [0.15, 0.2) is 29.3 Å². The minimum absolute atomic E-state index is 0.0163. The molecule has 1 aromatic rings. The molecule has 0 saturated heterocycles. The summed E-state index contributed by atoms with van der Waals surface area (Å²) in [5, 5.41) is 2.89. The molecule has 0 atom stereocenters. The molecule has 0 aliphatic heterocycles. The van der Waals surface area contributed by atoms with Gasteiger partial charge in [0.2, 0.25) is 0 Å². The molecule has 23 heavy (non-hydrogen) atoms. The molecule has 0 heterocycles. The molecule has 1 rings (SSSR count). The Morgan fingerprint density at radius 3 is 2.48 bits per heavy atom. The number of hydrogen-bond acceptors (Lipinski definition) is 3. The first-order valence-corrected chi connectivity index (χ1v) is 7.24. The molecule has 0 aliphatic carbocycles. The SMILES string of the molecule is CC(C)Oc1ccc(NC(N)=NCCCOCC(F)(F)F)cc1. The Labute approximate surface area is 133 Å². The van der Waals surface area contributed by atoms with Crippen LogP contribution < -0.4 is 15.8 Å². The third-order valence-electron chi connectivity index (χ3n) is 2.49. The number of benzene rings is 1. The fourth-order valence-corrected chi connectivity index (χ4v) is 1.63. The van der Waals surface area contributed by atoms with Crippen LogP contribution in [-0.2, 0) is 4.74 Å². The van der Waals surface area contributed by atoms with Gasteiger partial charge in [-0.05, 0) is 44.5 Å². The maximum absolute atomic E-state index is 11.8. The molecule has 0 amide bonds. The summed E-state index contributed by atoms with van der Waals surface area (Å²) in [5.41, 5.74) is 6.44. The molecule has 8 heteroatoms. The molecule has 0 spiro atoms. The van der Waals surface area contributed by atoms with Crippen molar-refractivity contribution in [3.8, 4) is 5.75 Å². The van der Waals surface area contributed by atoms with Crippen molar-refractivity contribution in [2.45, 2.75) is 32.5 Å². The van der Waals surface area contributed by atoms with Gasteiger partial charge in [0.25, 0.3) is 0 Å². The van der Waals surface area contributed by atoms with Crippen LogP contribution in [0.3, 0.4) is 0 Å². The van der Waals surface area contributed by atoms with Gasteiger partial charge in [0, 0.05) is 18.8 Å². The molecule has 0 saturated carbocycles. The summed E-state index contributed by atoms with van der Waals surface area (Å²) < 4.78 is 45.5. The van der Waals surface area contributed by atoms with E-state index < -0.39 is 12.8 Å². The summed E-state index contributed by atoms with van der Waals surface area (Å²) in [6, 6.07) is 7.21. The highest BCUT2D eigenvalue weighted by molar-refractivity contribution is 5.92. The molecule has 0 aliphatic rings. The summed E-state index contributed by atoms with van der Waals surface area (Å²) in [6.07, 6.45) is -3.84. The summed E-state index contributed by atoms with van der Waals surface area (Å²) in [7, 11) is 0. The average molecular weight is 333 g/mol. The second-order valence-corrected chi connectivity index (χ2v) is 5.10. The van der Waals surface area contributed by atoms with Crippen molar-refractivity contribution in [3.63, 3.8) is 0 Å². The monoisotopic (exact) mass is 333 g/mol. The van der Waals surface area contributed by atoms with E-state index in [1.54, 1.807) is 24.3 Å². The Bertz CT molecular complexity index is 488. The van der Waals surface area contributed by atoms with Crippen molar-refractivity contribution < 1.29 is 22.6 Å². The smallest absolute Gasteiger partial charge is 0.411 e. The highest BCUT2D eigenvalue weighted by Gasteiger charge is 2.27. The minimum atomic E-state index is -4.30. The van der Waals surface area contributed by atoms with E-state index in [0.717, 1.165) is 11.4 Å². The van der Waals surface area contributed by atoms with E-state index in [9.17, 15) is 13.2 Å². The minimum Gasteiger partial charge on any atom is -0.491 e. The number of guanidine groups is 1. The van der Waals surface area contributed by atoms with Crippen LogP contribution in [0.2, 0.25) is 0 Å². The van der Waals surface area contributed by atoms with Crippen LogP contribution in [0.1, 0.15) is 20.3 Å². The second-order valence-electron chi connectivity index (χ2n) is 5.10. The lowest BCUT2D eigenvalue weighted by Gasteiger charge is -2.11. The normalized spacial score (nSPS) is 12.5. The van der Waals surface area contributed by atoms with E-state index in [1.165, 1.54) is 0 Å². The van der Waals surface area contributed by atoms with Gasteiger partial charge in [0.05, 0.1) is 6.10 Å². The predicted molar refractivity (Wildman–Crippen MR) is 83.8 cm³/mol. The van der Waals surface area contributed by atoms with Crippen molar-refractivity contribution >= 4 is 11.6 Å². The van der Waals surface area contributed by atoms with E-state index in [4.69, 9.17) is 10.5 Å². The fraction of sp³-hybridized carbons (Fsp3) is 0.533. The summed E-state index contributed by atoms with van der Waals surface area (Å²) in [5.74, 6) is 0.946. The van der Waals surface area contributed by atoms with E-state index in [0.29, 0.717) is 6.42 Å². The van der Waals surface area contributed by atoms with Crippen molar-refractivity contribution in [1.29, 1.82) is 0 Å². The Kier molecular flexibility index (Phi) is 7.67. The van der Waals surface area contributed by atoms with Crippen LogP contribution in [-0.4, -0.2) is 38.0 Å². The Morgan fingerprint density at radius 1 is 1.26 bits per heavy atom. The van der Waals surface area contributed by atoms with Gasteiger partial charge >= 0.3 is 6.18 Å². The first kappa shape index (κ1) is 19.1. The molecule has 0 bridgehead atoms. The first-order valence-electron chi connectivity index (χ1n) is 7.24. The lowest BCUT2D eigenvalue weighted by atomic mass is 10.3. The molecule has 1 aromatic carbocycles. The fourth-order valence-electron chi connectivity index (χ4n) is 1.63. The standard InChI is InChI=1S/C15H22F3N3O2/c1-11(2)23-13-6-4-12(5-7-13)21-14(19)20-8-3-9-22-10-15(16,17)18/h4-7,11H,3,8-10H2,1-2H3,(H3,19,20,21). The predicted octanol–water partition coefficient (Wildman–Crippen LogP) is 3.17.